The van der Waals surface area contributed by atoms with Crippen LogP contribution >= 0.6 is 0 Å². The van der Waals surface area contributed by atoms with Gasteiger partial charge in [-0.1, -0.05) is 18.2 Å². The minimum Gasteiger partial charge on any atom is -0.408 e. The Kier molecular flexibility index (Phi) is 3.98. The smallest absolute Gasteiger partial charge is 0.408 e. The van der Waals surface area contributed by atoms with E-state index in [1.807, 2.05) is 0 Å². The van der Waals surface area contributed by atoms with E-state index in [0.717, 1.165) is 6.26 Å². The minimum atomic E-state index is -3.13. The molecule has 2 aromatic carbocycles. The van der Waals surface area contributed by atoms with Gasteiger partial charge in [-0.15, -0.1) is 0 Å². The van der Waals surface area contributed by atoms with Crippen molar-refractivity contribution in [1.29, 1.82) is 0 Å². The SMILES string of the molecule is CS(=O)(=O)Cc1ccc(C(=O)Nc2cccc3oc(=O)[nH]c23)cc1. The van der Waals surface area contributed by atoms with Crippen molar-refractivity contribution in [2.45, 2.75) is 5.75 Å². The maximum Gasteiger partial charge on any atom is 0.417 e. The Morgan fingerprint density at radius 3 is 2.54 bits per heavy atom. The lowest BCUT2D eigenvalue weighted by Gasteiger charge is -2.06. The van der Waals surface area contributed by atoms with E-state index >= 15 is 0 Å². The lowest BCUT2D eigenvalue weighted by atomic mass is 10.1. The highest BCUT2D eigenvalue weighted by Crippen LogP contribution is 2.21. The number of amides is 1. The number of para-hydroxylation sites is 1. The predicted octanol–water partition coefficient (Wildman–Crippen LogP) is 1.92. The Labute approximate surface area is 137 Å². The van der Waals surface area contributed by atoms with Crippen LogP contribution in [0.5, 0.6) is 0 Å². The van der Waals surface area contributed by atoms with Gasteiger partial charge in [0.15, 0.2) is 15.4 Å². The van der Waals surface area contributed by atoms with Gasteiger partial charge < -0.3 is 9.73 Å². The summed E-state index contributed by atoms with van der Waals surface area (Å²) in [5, 5.41) is 2.69. The number of H-pyrrole nitrogens is 1. The van der Waals surface area contributed by atoms with Gasteiger partial charge in [0.2, 0.25) is 0 Å². The molecule has 0 fully saturated rings. The number of fused-ring (bicyclic) bond motifs is 1. The molecule has 0 aliphatic carbocycles. The third kappa shape index (κ3) is 3.54. The van der Waals surface area contributed by atoms with E-state index in [0.29, 0.717) is 27.9 Å². The number of aromatic amines is 1. The lowest BCUT2D eigenvalue weighted by molar-refractivity contribution is 0.102. The number of aromatic nitrogens is 1. The van der Waals surface area contributed by atoms with Gasteiger partial charge in [-0.2, -0.15) is 0 Å². The normalized spacial score (nSPS) is 11.5. The number of nitrogens with one attached hydrogen (secondary N) is 2. The molecule has 0 radical (unpaired) electrons. The van der Waals surface area contributed by atoms with Crippen molar-refractivity contribution in [3.05, 3.63) is 64.1 Å². The maximum atomic E-state index is 12.3. The summed E-state index contributed by atoms with van der Waals surface area (Å²) in [4.78, 5) is 26.1. The van der Waals surface area contributed by atoms with Gasteiger partial charge in [0.05, 0.1) is 11.4 Å². The van der Waals surface area contributed by atoms with Gasteiger partial charge in [0.1, 0.15) is 5.52 Å². The predicted molar refractivity (Wildman–Crippen MR) is 89.8 cm³/mol. The monoisotopic (exact) mass is 346 g/mol. The van der Waals surface area contributed by atoms with Crippen LogP contribution < -0.4 is 11.1 Å². The number of hydrogen-bond donors (Lipinski definition) is 2. The Morgan fingerprint density at radius 2 is 1.88 bits per heavy atom. The quantitative estimate of drug-likeness (QED) is 0.750. The third-order valence-electron chi connectivity index (χ3n) is 3.35. The van der Waals surface area contributed by atoms with Crippen molar-refractivity contribution >= 4 is 32.5 Å². The van der Waals surface area contributed by atoms with Crippen LogP contribution in [-0.4, -0.2) is 25.6 Å². The van der Waals surface area contributed by atoms with Crippen molar-refractivity contribution in [2.75, 3.05) is 11.6 Å². The van der Waals surface area contributed by atoms with Crippen LogP contribution in [0.1, 0.15) is 15.9 Å². The summed E-state index contributed by atoms with van der Waals surface area (Å²) in [5.41, 5.74) is 2.15. The van der Waals surface area contributed by atoms with Gasteiger partial charge in [-0.25, -0.2) is 13.2 Å². The molecule has 1 aromatic heterocycles. The molecule has 0 spiro atoms. The van der Waals surface area contributed by atoms with Crippen LogP contribution in [0.2, 0.25) is 0 Å². The largest absolute Gasteiger partial charge is 0.417 e. The van der Waals surface area contributed by atoms with E-state index in [-0.39, 0.29) is 11.7 Å². The Hall–Kier alpha value is -2.87. The maximum absolute atomic E-state index is 12.3. The molecular weight excluding hydrogens is 332 g/mol. The molecule has 0 aliphatic rings. The summed E-state index contributed by atoms with van der Waals surface area (Å²) < 4.78 is 27.5. The Morgan fingerprint density at radius 1 is 1.17 bits per heavy atom. The topological polar surface area (TPSA) is 109 Å². The number of sulfone groups is 1. The van der Waals surface area contributed by atoms with Crippen molar-refractivity contribution in [3.8, 4) is 0 Å². The third-order valence-corrected chi connectivity index (χ3v) is 4.21. The fraction of sp³-hybridized carbons (Fsp3) is 0.125. The number of oxazole rings is 1. The highest BCUT2D eigenvalue weighted by molar-refractivity contribution is 7.89. The van der Waals surface area contributed by atoms with Crippen molar-refractivity contribution < 1.29 is 17.6 Å². The number of benzene rings is 2. The van der Waals surface area contributed by atoms with Crippen LogP contribution in [0, 0.1) is 0 Å². The number of rotatable bonds is 4. The molecule has 0 atom stereocenters. The van der Waals surface area contributed by atoms with Gasteiger partial charge in [0, 0.05) is 11.8 Å². The molecule has 1 heterocycles. The van der Waals surface area contributed by atoms with Crippen molar-refractivity contribution in [3.63, 3.8) is 0 Å². The molecule has 0 saturated heterocycles. The molecule has 8 heteroatoms. The molecule has 1 amide bonds. The first-order chi connectivity index (χ1) is 11.3. The first-order valence-corrected chi connectivity index (χ1v) is 9.08. The van der Waals surface area contributed by atoms with Gasteiger partial charge >= 0.3 is 5.76 Å². The highest BCUT2D eigenvalue weighted by atomic mass is 32.2. The standard InChI is InChI=1S/C16H14N2O5S/c1-24(21,22)9-10-5-7-11(8-6-10)15(19)17-12-3-2-4-13-14(12)18-16(20)23-13/h2-8H,9H2,1H3,(H,17,19)(H,18,20). The van der Waals surface area contributed by atoms with E-state index in [1.54, 1.807) is 42.5 Å². The first-order valence-electron chi connectivity index (χ1n) is 7.02. The summed E-state index contributed by atoms with van der Waals surface area (Å²) in [5.74, 6) is -1.06. The van der Waals surface area contributed by atoms with E-state index in [2.05, 4.69) is 10.3 Å². The Balaban J connectivity index is 1.83. The fourth-order valence-corrected chi connectivity index (χ4v) is 3.12. The summed E-state index contributed by atoms with van der Waals surface area (Å²) in [6.45, 7) is 0. The molecule has 2 N–H and O–H groups in total. The molecule has 3 rings (SSSR count). The number of anilines is 1. The molecule has 124 valence electrons. The molecule has 7 nitrogen and oxygen atoms in total. The molecule has 3 aromatic rings. The van der Waals surface area contributed by atoms with Crippen molar-refractivity contribution in [2.24, 2.45) is 0 Å². The van der Waals surface area contributed by atoms with Gasteiger partial charge in [-0.05, 0) is 29.8 Å². The zero-order valence-corrected chi connectivity index (χ0v) is 13.5. The minimum absolute atomic E-state index is 0.0789. The second kappa shape index (κ2) is 5.97. The number of carbonyl (C=O) groups is 1. The molecule has 0 saturated carbocycles. The van der Waals surface area contributed by atoms with Gasteiger partial charge in [0.25, 0.3) is 5.91 Å². The zero-order valence-electron chi connectivity index (χ0n) is 12.7. The average Bonchev–Trinajstić information content (AvgIpc) is 2.87. The van der Waals surface area contributed by atoms with Crippen LogP contribution in [0.25, 0.3) is 11.1 Å². The van der Waals surface area contributed by atoms with Crippen LogP contribution in [0.4, 0.5) is 5.69 Å². The zero-order chi connectivity index (χ0) is 17.3. The fourth-order valence-electron chi connectivity index (χ4n) is 2.33. The second-order valence-corrected chi connectivity index (χ2v) is 7.55. The Bertz CT molecular complexity index is 1060. The average molecular weight is 346 g/mol. The second-order valence-electron chi connectivity index (χ2n) is 5.41. The molecule has 0 unspecified atom stereocenters. The molecule has 24 heavy (non-hydrogen) atoms. The molecule has 0 bridgehead atoms. The van der Waals surface area contributed by atoms with E-state index < -0.39 is 15.6 Å². The van der Waals surface area contributed by atoms with Crippen LogP contribution in [-0.2, 0) is 15.6 Å². The number of carbonyl (C=O) groups excluding carboxylic acids is 1. The number of hydrogen-bond acceptors (Lipinski definition) is 5. The molecule has 0 aliphatic heterocycles. The van der Waals surface area contributed by atoms with Gasteiger partial charge in [-0.3, -0.25) is 9.78 Å². The summed E-state index contributed by atoms with van der Waals surface area (Å²) in [6, 6.07) is 11.2. The van der Waals surface area contributed by atoms with E-state index in [4.69, 9.17) is 4.42 Å². The van der Waals surface area contributed by atoms with Crippen molar-refractivity contribution in [1.82, 2.24) is 4.98 Å². The van der Waals surface area contributed by atoms with Crippen LogP contribution in [0.3, 0.4) is 0 Å². The van der Waals surface area contributed by atoms with E-state index in [1.165, 1.54) is 0 Å². The van der Waals surface area contributed by atoms with E-state index in [9.17, 15) is 18.0 Å². The molecular formula is C16H14N2O5S. The highest BCUT2D eigenvalue weighted by Gasteiger charge is 2.12. The van der Waals surface area contributed by atoms with Crippen LogP contribution in [0.15, 0.2) is 51.7 Å². The summed E-state index contributed by atoms with van der Waals surface area (Å²) in [6.07, 6.45) is 1.15. The first kappa shape index (κ1) is 16.0. The summed E-state index contributed by atoms with van der Waals surface area (Å²) in [7, 11) is -3.13. The lowest BCUT2D eigenvalue weighted by Crippen LogP contribution is -2.12. The summed E-state index contributed by atoms with van der Waals surface area (Å²) >= 11 is 0.